The molecule has 0 radical (unpaired) electrons. The molecule has 0 saturated carbocycles. The number of nitrogens with zero attached hydrogens (tertiary/aromatic N) is 1. The van der Waals surface area contributed by atoms with E-state index in [0.717, 1.165) is 11.3 Å². The number of hydrogen-bond donors (Lipinski definition) is 1. The van der Waals surface area contributed by atoms with Crippen LogP contribution in [0.4, 0.5) is 11.4 Å². The maximum absolute atomic E-state index is 13.0. The quantitative estimate of drug-likeness (QED) is 0.535. The molecule has 0 unspecified atom stereocenters. The third-order valence-electron chi connectivity index (χ3n) is 4.52. The molecule has 0 bridgehead atoms. The number of sulfonamides is 1. The Morgan fingerprint density at radius 3 is 2.80 bits per heavy atom. The number of fused-ring (bicyclic) bond motifs is 1. The summed E-state index contributed by atoms with van der Waals surface area (Å²) in [6.45, 7) is 7.70. The molecule has 0 atom stereocenters. The van der Waals surface area contributed by atoms with Gasteiger partial charge in [0.1, 0.15) is 22.1 Å². The first-order valence-corrected chi connectivity index (χ1v) is 11.4. The monoisotopic (exact) mass is 450 g/mol. The minimum Gasteiger partial charge on any atom is -0.490 e. The maximum atomic E-state index is 13.0. The lowest BCUT2D eigenvalue weighted by atomic mass is 9.93. The van der Waals surface area contributed by atoms with Gasteiger partial charge >= 0.3 is 5.97 Å². The lowest BCUT2D eigenvalue weighted by Gasteiger charge is -2.27. The summed E-state index contributed by atoms with van der Waals surface area (Å²) in [5.74, 6) is -0.429. The van der Waals surface area contributed by atoms with Gasteiger partial charge in [0.15, 0.2) is 0 Å². The van der Waals surface area contributed by atoms with Crippen LogP contribution in [0.3, 0.4) is 0 Å². The summed E-state index contributed by atoms with van der Waals surface area (Å²) in [6.07, 6.45) is 1.59. The average Bonchev–Trinajstić information content (AvgIpc) is 3.18. The number of ether oxygens (including phenoxy) is 2. The van der Waals surface area contributed by atoms with Crippen LogP contribution in [0.2, 0.25) is 0 Å². The number of carbonyl (C=O) groups is 2. The molecule has 0 aliphatic carbocycles. The van der Waals surface area contributed by atoms with E-state index in [9.17, 15) is 18.0 Å². The predicted molar refractivity (Wildman–Crippen MR) is 115 cm³/mol. The van der Waals surface area contributed by atoms with E-state index < -0.39 is 21.4 Å². The van der Waals surface area contributed by atoms with E-state index in [1.54, 1.807) is 26.0 Å². The van der Waals surface area contributed by atoms with Gasteiger partial charge in [0.25, 0.3) is 10.0 Å². The minimum atomic E-state index is -4.06. The van der Waals surface area contributed by atoms with E-state index >= 15 is 0 Å². The van der Waals surface area contributed by atoms with Crippen LogP contribution in [0.1, 0.15) is 23.5 Å². The molecule has 8 nitrogen and oxygen atoms in total. The van der Waals surface area contributed by atoms with Crippen LogP contribution in [-0.4, -0.2) is 40.6 Å². The Kier molecular flexibility index (Phi) is 5.91. The molecule has 1 aliphatic heterocycles. The Bertz CT molecular complexity index is 1100. The zero-order chi connectivity index (χ0) is 22.1. The highest BCUT2D eigenvalue weighted by Crippen LogP contribution is 2.38. The molecule has 1 aliphatic rings. The number of amides is 1. The van der Waals surface area contributed by atoms with Gasteiger partial charge in [-0.15, -0.1) is 17.9 Å². The molecule has 0 fully saturated rings. The van der Waals surface area contributed by atoms with E-state index in [4.69, 9.17) is 4.74 Å². The Hall–Kier alpha value is -2.85. The van der Waals surface area contributed by atoms with Gasteiger partial charge in [-0.05, 0) is 43.5 Å². The Morgan fingerprint density at radius 1 is 1.40 bits per heavy atom. The SMILES string of the molecule is C=CCN1C(=O)C(C)(C)COc2ccc(NS(=O)(=O)c3ccsc3C(=O)OC)cc21. The summed E-state index contributed by atoms with van der Waals surface area (Å²) >= 11 is 0.975. The van der Waals surface area contributed by atoms with Gasteiger partial charge in [0.05, 0.1) is 23.9 Å². The standard InChI is InChI=1S/C20H22N2O6S2/c1-5-9-22-14-11-13(6-7-15(14)28-12-20(2,3)19(22)24)21-30(25,26)16-8-10-29-17(16)18(23)27-4/h5-8,10-11,21H,1,9,12H2,2-4H3. The van der Waals surface area contributed by atoms with Crippen molar-refractivity contribution in [1.29, 1.82) is 0 Å². The van der Waals surface area contributed by atoms with Crippen LogP contribution in [0.15, 0.2) is 47.2 Å². The van der Waals surface area contributed by atoms with E-state index in [2.05, 4.69) is 16.0 Å². The van der Waals surface area contributed by atoms with Crippen molar-refractivity contribution in [3.63, 3.8) is 0 Å². The second-order valence-corrected chi connectivity index (χ2v) is 9.84. The summed E-state index contributed by atoms with van der Waals surface area (Å²) in [6, 6.07) is 6.00. The van der Waals surface area contributed by atoms with E-state index in [1.807, 2.05) is 0 Å². The fraction of sp³-hybridized carbons (Fsp3) is 0.300. The third kappa shape index (κ3) is 4.05. The highest BCUT2D eigenvalue weighted by atomic mass is 32.2. The topological polar surface area (TPSA) is 102 Å². The number of esters is 1. The van der Waals surface area contributed by atoms with Crippen molar-refractivity contribution in [2.75, 3.05) is 29.9 Å². The van der Waals surface area contributed by atoms with Crippen LogP contribution < -0.4 is 14.4 Å². The number of nitrogens with one attached hydrogen (secondary N) is 1. The van der Waals surface area contributed by atoms with Crippen molar-refractivity contribution in [2.24, 2.45) is 5.41 Å². The van der Waals surface area contributed by atoms with Crippen LogP contribution in [0.5, 0.6) is 5.75 Å². The molecular formula is C20H22N2O6S2. The number of benzene rings is 1. The smallest absolute Gasteiger partial charge is 0.349 e. The molecule has 1 N–H and O–H groups in total. The molecule has 1 aromatic heterocycles. The second kappa shape index (κ2) is 8.11. The fourth-order valence-electron chi connectivity index (χ4n) is 2.98. The van der Waals surface area contributed by atoms with E-state index in [0.29, 0.717) is 11.4 Å². The van der Waals surface area contributed by atoms with Gasteiger partial charge in [-0.2, -0.15) is 0 Å². The molecule has 3 rings (SSSR count). The lowest BCUT2D eigenvalue weighted by Crippen LogP contribution is -2.42. The molecule has 2 heterocycles. The van der Waals surface area contributed by atoms with Crippen LogP contribution in [0, 0.1) is 5.41 Å². The van der Waals surface area contributed by atoms with Crippen LogP contribution in [0.25, 0.3) is 0 Å². The molecule has 1 aromatic carbocycles. The Morgan fingerprint density at radius 2 is 2.13 bits per heavy atom. The van der Waals surface area contributed by atoms with Crippen molar-refractivity contribution in [3.8, 4) is 5.75 Å². The summed E-state index contributed by atoms with van der Waals surface area (Å²) in [4.78, 5) is 26.1. The van der Waals surface area contributed by atoms with Gasteiger partial charge in [-0.25, -0.2) is 13.2 Å². The molecule has 10 heteroatoms. The maximum Gasteiger partial charge on any atom is 0.349 e. The summed E-state index contributed by atoms with van der Waals surface area (Å²) in [7, 11) is -2.88. The summed E-state index contributed by atoms with van der Waals surface area (Å²) < 4.78 is 38.7. The third-order valence-corrected chi connectivity index (χ3v) is 6.96. The summed E-state index contributed by atoms with van der Waals surface area (Å²) in [5, 5.41) is 1.50. The van der Waals surface area contributed by atoms with E-state index in [-0.39, 0.29) is 34.5 Å². The first-order chi connectivity index (χ1) is 14.1. The largest absolute Gasteiger partial charge is 0.490 e. The first-order valence-electron chi connectivity index (χ1n) is 8.99. The number of thiophene rings is 1. The number of methoxy groups -OCH3 is 1. The minimum absolute atomic E-state index is 0.0201. The van der Waals surface area contributed by atoms with Crippen molar-refractivity contribution in [2.45, 2.75) is 18.7 Å². The second-order valence-electron chi connectivity index (χ2n) is 7.27. The lowest BCUT2D eigenvalue weighted by molar-refractivity contribution is -0.127. The van der Waals surface area contributed by atoms with Gasteiger partial charge < -0.3 is 14.4 Å². The number of rotatable bonds is 6. The number of carbonyl (C=O) groups excluding carboxylic acids is 2. The van der Waals surface area contributed by atoms with Crippen LogP contribution >= 0.6 is 11.3 Å². The van der Waals surface area contributed by atoms with E-state index in [1.165, 1.54) is 35.6 Å². The van der Waals surface area contributed by atoms with Gasteiger partial charge in [0.2, 0.25) is 5.91 Å². The number of anilines is 2. The first kappa shape index (κ1) is 21.8. The predicted octanol–water partition coefficient (Wildman–Crippen LogP) is 3.27. The van der Waals surface area contributed by atoms with Crippen molar-refractivity contribution < 1.29 is 27.5 Å². The zero-order valence-electron chi connectivity index (χ0n) is 16.8. The Labute approximate surface area is 179 Å². The number of hydrogen-bond acceptors (Lipinski definition) is 7. The molecule has 0 saturated heterocycles. The summed E-state index contributed by atoms with van der Waals surface area (Å²) in [5.41, 5.74) is -0.0986. The van der Waals surface area contributed by atoms with Crippen molar-refractivity contribution >= 4 is 44.6 Å². The fourth-order valence-corrected chi connectivity index (χ4v) is 5.37. The van der Waals surface area contributed by atoms with Gasteiger partial charge in [-0.1, -0.05) is 6.08 Å². The normalized spacial score (nSPS) is 15.6. The highest BCUT2D eigenvalue weighted by molar-refractivity contribution is 7.93. The van der Waals surface area contributed by atoms with Crippen molar-refractivity contribution in [1.82, 2.24) is 0 Å². The molecule has 160 valence electrons. The highest BCUT2D eigenvalue weighted by Gasteiger charge is 2.37. The molecule has 2 aromatic rings. The van der Waals surface area contributed by atoms with Crippen LogP contribution in [-0.2, 0) is 19.6 Å². The molecule has 1 amide bonds. The average molecular weight is 451 g/mol. The molecule has 30 heavy (non-hydrogen) atoms. The molecular weight excluding hydrogens is 428 g/mol. The molecule has 0 spiro atoms. The van der Waals surface area contributed by atoms with Gasteiger partial charge in [-0.3, -0.25) is 9.52 Å². The van der Waals surface area contributed by atoms with Crippen molar-refractivity contribution in [3.05, 3.63) is 47.2 Å². The zero-order valence-corrected chi connectivity index (χ0v) is 18.4. The Balaban J connectivity index is 2.00. The van der Waals surface area contributed by atoms with Gasteiger partial charge in [0, 0.05) is 6.54 Å².